The zero-order valence-electron chi connectivity index (χ0n) is 12.8. The molecule has 3 rings (SSSR count). The van der Waals surface area contributed by atoms with Crippen LogP contribution in [0.3, 0.4) is 0 Å². The lowest BCUT2D eigenvalue weighted by molar-refractivity contribution is 0.782. The van der Waals surface area contributed by atoms with Crippen molar-refractivity contribution in [3.8, 4) is 22.4 Å². The maximum atomic E-state index is 6.28. The van der Waals surface area contributed by atoms with E-state index in [1.165, 1.54) is 22.3 Å². The molecule has 0 saturated heterocycles. The number of anilines is 1. The van der Waals surface area contributed by atoms with Crippen LogP contribution < -0.4 is 5.73 Å². The van der Waals surface area contributed by atoms with E-state index in [1.807, 2.05) is 7.05 Å². The Morgan fingerprint density at radius 2 is 1.81 bits per heavy atom. The van der Waals surface area contributed by atoms with Crippen molar-refractivity contribution in [2.45, 2.75) is 20.8 Å². The Kier molecular flexibility index (Phi) is 3.33. The van der Waals surface area contributed by atoms with Crippen molar-refractivity contribution in [3.63, 3.8) is 0 Å². The second kappa shape index (κ2) is 5.04. The summed E-state index contributed by atoms with van der Waals surface area (Å²) in [6.07, 6.45) is 0. The van der Waals surface area contributed by atoms with Gasteiger partial charge in [-0.1, -0.05) is 18.2 Å². The van der Waals surface area contributed by atoms with Crippen LogP contribution in [0.2, 0.25) is 0 Å². The highest BCUT2D eigenvalue weighted by molar-refractivity contribution is 7.08. The standard InChI is InChI=1S/C17H19N3S/c1-10-5-6-13(7-11(10)2)15-16(19-20(4)17(15)18)14-9-21-8-12(14)3/h5-9H,18H2,1-4H3. The molecule has 108 valence electrons. The SMILES string of the molecule is Cc1ccc(-c2c(-c3cscc3C)nn(C)c2N)cc1C. The summed E-state index contributed by atoms with van der Waals surface area (Å²) in [5.74, 6) is 0.707. The predicted octanol–water partition coefficient (Wildman–Crippen LogP) is 4.32. The fourth-order valence-electron chi connectivity index (χ4n) is 2.51. The summed E-state index contributed by atoms with van der Waals surface area (Å²) in [5, 5.41) is 8.92. The van der Waals surface area contributed by atoms with Crippen LogP contribution in [-0.4, -0.2) is 9.78 Å². The minimum absolute atomic E-state index is 0.707. The minimum Gasteiger partial charge on any atom is -0.383 e. The van der Waals surface area contributed by atoms with Gasteiger partial charge in [-0.15, -0.1) is 0 Å². The second-order valence-electron chi connectivity index (χ2n) is 5.50. The molecule has 0 bridgehead atoms. The largest absolute Gasteiger partial charge is 0.383 e. The zero-order chi connectivity index (χ0) is 15.1. The highest BCUT2D eigenvalue weighted by Gasteiger charge is 2.19. The van der Waals surface area contributed by atoms with Crippen molar-refractivity contribution in [2.75, 3.05) is 5.73 Å². The van der Waals surface area contributed by atoms with Crippen molar-refractivity contribution in [2.24, 2.45) is 7.05 Å². The molecule has 2 heterocycles. The lowest BCUT2D eigenvalue weighted by Crippen LogP contribution is -1.98. The van der Waals surface area contributed by atoms with E-state index in [4.69, 9.17) is 5.73 Å². The molecule has 2 aromatic heterocycles. The average Bonchev–Trinajstić information content (AvgIpc) is 2.98. The molecular formula is C17H19N3S. The molecule has 0 unspecified atom stereocenters. The third kappa shape index (κ3) is 2.25. The lowest BCUT2D eigenvalue weighted by atomic mass is 9.97. The summed E-state index contributed by atoms with van der Waals surface area (Å²) in [6, 6.07) is 6.45. The summed E-state index contributed by atoms with van der Waals surface area (Å²) < 4.78 is 1.76. The summed E-state index contributed by atoms with van der Waals surface area (Å²) in [5.41, 5.74) is 14.4. The van der Waals surface area contributed by atoms with Crippen LogP contribution in [0.25, 0.3) is 22.4 Å². The maximum Gasteiger partial charge on any atom is 0.129 e. The van der Waals surface area contributed by atoms with Gasteiger partial charge in [-0.05, 0) is 48.4 Å². The van der Waals surface area contributed by atoms with E-state index in [0.717, 1.165) is 16.8 Å². The van der Waals surface area contributed by atoms with Gasteiger partial charge in [0.15, 0.2) is 0 Å². The zero-order valence-corrected chi connectivity index (χ0v) is 13.6. The van der Waals surface area contributed by atoms with Gasteiger partial charge in [0, 0.05) is 18.0 Å². The normalized spacial score (nSPS) is 11.0. The van der Waals surface area contributed by atoms with Gasteiger partial charge in [0.25, 0.3) is 0 Å². The van der Waals surface area contributed by atoms with Crippen LogP contribution in [0.15, 0.2) is 29.0 Å². The molecule has 4 heteroatoms. The first-order valence-corrected chi connectivity index (χ1v) is 7.86. The summed E-state index contributed by atoms with van der Waals surface area (Å²) in [7, 11) is 1.89. The van der Waals surface area contributed by atoms with Crippen LogP contribution in [0.4, 0.5) is 5.82 Å². The number of benzene rings is 1. The van der Waals surface area contributed by atoms with E-state index in [0.29, 0.717) is 5.82 Å². The van der Waals surface area contributed by atoms with E-state index >= 15 is 0 Å². The van der Waals surface area contributed by atoms with Crippen LogP contribution in [0.5, 0.6) is 0 Å². The number of hydrogen-bond acceptors (Lipinski definition) is 3. The smallest absolute Gasteiger partial charge is 0.129 e. The number of aromatic nitrogens is 2. The number of nitrogens with two attached hydrogens (primary N) is 1. The van der Waals surface area contributed by atoms with E-state index in [1.54, 1.807) is 16.0 Å². The van der Waals surface area contributed by atoms with Crippen LogP contribution >= 0.6 is 11.3 Å². The third-order valence-electron chi connectivity index (χ3n) is 4.00. The number of nitrogens with zero attached hydrogens (tertiary/aromatic N) is 2. The summed E-state index contributed by atoms with van der Waals surface area (Å²) in [6.45, 7) is 6.36. The molecule has 2 N–H and O–H groups in total. The van der Waals surface area contributed by atoms with Gasteiger partial charge in [-0.25, -0.2) is 0 Å². The topological polar surface area (TPSA) is 43.8 Å². The first-order chi connectivity index (χ1) is 9.99. The van der Waals surface area contributed by atoms with Crippen molar-refractivity contribution in [3.05, 3.63) is 45.6 Å². The highest BCUT2D eigenvalue weighted by Crippen LogP contribution is 2.38. The fraction of sp³-hybridized carbons (Fsp3) is 0.235. The minimum atomic E-state index is 0.707. The van der Waals surface area contributed by atoms with Gasteiger partial charge in [0.2, 0.25) is 0 Å². The van der Waals surface area contributed by atoms with Crippen molar-refractivity contribution in [1.82, 2.24) is 9.78 Å². The lowest BCUT2D eigenvalue weighted by Gasteiger charge is -2.07. The third-order valence-corrected chi connectivity index (χ3v) is 4.86. The maximum absolute atomic E-state index is 6.28. The Balaban J connectivity index is 2.27. The molecule has 0 aliphatic rings. The molecule has 3 aromatic rings. The van der Waals surface area contributed by atoms with E-state index < -0.39 is 0 Å². The van der Waals surface area contributed by atoms with Crippen molar-refractivity contribution < 1.29 is 0 Å². The molecule has 0 radical (unpaired) electrons. The van der Waals surface area contributed by atoms with E-state index in [9.17, 15) is 0 Å². The molecule has 0 fully saturated rings. The fourth-order valence-corrected chi connectivity index (χ4v) is 3.34. The number of aryl methyl sites for hydroxylation is 4. The monoisotopic (exact) mass is 297 g/mol. The molecule has 0 amide bonds. The highest BCUT2D eigenvalue weighted by atomic mass is 32.1. The number of nitrogen functional groups attached to an aromatic ring is 1. The summed E-state index contributed by atoms with van der Waals surface area (Å²) >= 11 is 1.70. The molecule has 0 saturated carbocycles. The molecule has 0 aliphatic heterocycles. The number of rotatable bonds is 2. The first-order valence-electron chi connectivity index (χ1n) is 6.92. The molecule has 3 nitrogen and oxygen atoms in total. The molecule has 21 heavy (non-hydrogen) atoms. The molecule has 0 aliphatic carbocycles. The molecule has 1 aromatic carbocycles. The Morgan fingerprint density at radius 1 is 1.05 bits per heavy atom. The van der Waals surface area contributed by atoms with E-state index in [-0.39, 0.29) is 0 Å². The van der Waals surface area contributed by atoms with Gasteiger partial charge >= 0.3 is 0 Å². The van der Waals surface area contributed by atoms with Crippen molar-refractivity contribution >= 4 is 17.2 Å². The number of thiophene rings is 1. The van der Waals surface area contributed by atoms with Crippen molar-refractivity contribution in [1.29, 1.82) is 0 Å². The quantitative estimate of drug-likeness (QED) is 0.765. The average molecular weight is 297 g/mol. The Hall–Kier alpha value is -2.07. The molecule has 0 spiro atoms. The molecular weight excluding hydrogens is 278 g/mol. The van der Waals surface area contributed by atoms with Gasteiger partial charge in [-0.3, -0.25) is 4.68 Å². The Bertz CT molecular complexity index is 812. The summed E-state index contributed by atoms with van der Waals surface area (Å²) in [4.78, 5) is 0. The Labute approximate surface area is 129 Å². The van der Waals surface area contributed by atoms with Crippen LogP contribution in [-0.2, 0) is 7.05 Å². The second-order valence-corrected chi connectivity index (χ2v) is 6.24. The van der Waals surface area contributed by atoms with E-state index in [2.05, 4.69) is 54.8 Å². The Morgan fingerprint density at radius 3 is 2.43 bits per heavy atom. The number of hydrogen-bond donors (Lipinski definition) is 1. The van der Waals surface area contributed by atoms with Gasteiger partial charge in [0.05, 0.1) is 5.56 Å². The van der Waals surface area contributed by atoms with Crippen LogP contribution in [0, 0.1) is 20.8 Å². The molecule has 0 atom stereocenters. The van der Waals surface area contributed by atoms with Crippen LogP contribution in [0.1, 0.15) is 16.7 Å². The van der Waals surface area contributed by atoms with Gasteiger partial charge < -0.3 is 5.73 Å². The first kappa shape index (κ1) is 13.9. The van der Waals surface area contributed by atoms with Gasteiger partial charge in [0.1, 0.15) is 11.5 Å². The predicted molar refractivity (Wildman–Crippen MR) is 90.6 cm³/mol. The van der Waals surface area contributed by atoms with Gasteiger partial charge in [-0.2, -0.15) is 16.4 Å².